The van der Waals surface area contributed by atoms with Gasteiger partial charge in [-0.3, -0.25) is 0 Å². The maximum absolute atomic E-state index is 14.0. The maximum Gasteiger partial charge on any atom is 0.176 e. The molecule has 0 aliphatic carbocycles. The number of aromatic nitrogens is 2. The van der Waals surface area contributed by atoms with Gasteiger partial charge in [0.25, 0.3) is 0 Å². The van der Waals surface area contributed by atoms with Gasteiger partial charge in [0.05, 0.1) is 12.4 Å². The topological polar surface area (TPSA) is 91.4 Å². The zero-order valence-electron chi connectivity index (χ0n) is 10.8. The number of rotatable bonds is 3. The third-order valence-electron chi connectivity index (χ3n) is 3.03. The predicted molar refractivity (Wildman–Crippen MR) is 69.8 cm³/mol. The monoisotopic (exact) mass is 269 g/mol. The molecule has 5 nitrogen and oxygen atoms in total. The summed E-state index contributed by atoms with van der Waals surface area (Å²) in [5.41, 5.74) is 6.39. The molecule has 1 heterocycles. The van der Waals surface area contributed by atoms with E-state index in [4.69, 9.17) is 16.3 Å². The average Bonchev–Trinajstić information content (AvgIpc) is 2.83. The number of nitrogens with zero attached hydrogens (tertiary/aromatic N) is 4. The maximum atomic E-state index is 14.0. The van der Waals surface area contributed by atoms with Crippen LogP contribution in [0, 0.1) is 28.5 Å². The highest BCUT2D eigenvalue weighted by atomic mass is 19.1. The minimum atomic E-state index is -0.597. The standard InChI is InChI=1S/C14H12FN5/c1-9(18)14(10-4-2-3-5-11(10)15)20-8-19-12(6-16)13(20)7-17/h2-5,8-9,14H,18H2,1H3. The summed E-state index contributed by atoms with van der Waals surface area (Å²) in [4.78, 5) is 3.87. The van der Waals surface area contributed by atoms with Crippen LogP contribution < -0.4 is 5.73 Å². The van der Waals surface area contributed by atoms with Gasteiger partial charge in [-0.1, -0.05) is 18.2 Å². The third kappa shape index (κ3) is 2.25. The van der Waals surface area contributed by atoms with Gasteiger partial charge in [0, 0.05) is 11.6 Å². The molecule has 2 atom stereocenters. The molecule has 0 saturated heterocycles. The lowest BCUT2D eigenvalue weighted by molar-refractivity contribution is 0.466. The van der Waals surface area contributed by atoms with E-state index in [0.717, 1.165) is 0 Å². The van der Waals surface area contributed by atoms with Gasteiger partial charge in [0.15, 0.2) is 11.4 Å². The molecular formula is C14H12FN5. The van der Waals surface area contributed by atoms with Crippen molar-refractivity contribution in [2.24, 2.45) is 5.73 Å². The lowest BCUT2D eigenvalue weighted by Crippen LogP contribution is -2.31. The molecule has 1 aromatic heterocycles. The number of benzene rings is 1. The first kappa shape index (κ1) is 13.7. The van der Waals surface area contributed by atoms with Gasteiger partial charge in [-0.2, -0.15) is 10.5 Å². The lowest BCUT2D eigenvalue weighted by atomic mass is 10.00. The largest absolute Gasteiger partial charge is 0.326 e. The third-order valence-corrected chi connectivity index (χ3v) is 3.03. The van der Waals surface area contributed by atoms with Crippen molar-refractivity contribution in [3.8, 4) is 12.1 Å². The molecule has 0 radical (unpaired) electrons. The molecule has 0 bridgehead atoms. The van der Waals surface area contributed by atoms with Gasteiger partial charge in [-0.05, 0) is 13.0 Å². The summed E-state index contributed by atoms with van der Waals surface area (Å²) < 4.78 is 15.4. The van der Waals surface area contributed by atoms with E-state index in [1.54, 1.807) is 25.1 Å². The lowest BCUT2D eigenvalue weighted by Gasteiger charge is -2.23. The molecule has 20 heavy (non-hydrogen) atoms. The summed E-state index contributed by atoms with van der Waals surface area (Å²) in [7, 11) is 0. The molecule has 0 spiro atoms. The fourth-order valence-corrected chi connectivity index (χ4v) is 2.17. The molecule has 6 heteroatoms. The van der Waals surface area contributed by atoms with Gasteiger partial charge in [-0.15, -0.1) is 0 Å². The molecule has 2 N–H and O–H groups in total. The molecule has 2 aromatic rings. The van der Waals surface area contributed by atoms with Crippen LogP contribution in [0.1, 0.15) is 29.9 Å². The van der Waals surface area contributed by atoms with Gasteiger partial charge in [0.1, 0.15) is 18.0 Å². The van der Waals surface area contributed by atoms with Crippen molar-refractivity contribution in [2.45, 2.75) is 19.0 Å². The predicted octanol–water partition coefficient (Wildman–Crippen LogP) is 1.70. The van der Waals surface area contributed by atoms with E-state index in [2.05, 4.69) is 4.98 Å². The zero-order chi connectivity index (χ0) is 14.7. The summed E-state index contributed by atoms with van der Waals surface area (Å²) in [6, 6.07) is 8.92. The Labute approximate surface area is 115 Å². The molecule has 0 aliphatic rings. The Hall–Kier alpha value is -2.70. The van der Waals surface area contributed by atoms with E-state index in [-0.39, 0.29) is 11.4 Å². The fourth-order valence-electron chi connectivity index (χ4n) is 2.17. The van der Waals surface area contributed by atoms with Crippen molar-refractivity contribution in [1.82, 2.24) is 9.55 Å². The number of halogens is 1. The molecule has 100 valence electrons. The minimum absolute atomic E-state index is 0.00879. The molecular weight excluding hydrogens is 257 g/mol. The van der Waals surface area contributed by atoms with E-state index >= 15 is 0 Å². The van der Waals surface area contributed by atoms with E-state index < -0.39 is 17.9 Å². The van der Waals surface area contributed by atoms with E-state index in [1.807, 2.05) is 12.1 Å². The van der Waals surface area contributed by atoms with Crippen molar-refractivity contribution in [1.29, 1.82) is 10.5 Å². The minimum Gasteiger partial charge on any atom is -0.326 e. The first-order valence-electron chi connectivity index (χ1n) is 5.97. The fraction of sp³-hybridized carbons (Fsp3) is 0.214. The van der Waals surface area contributed by atoms with Crippen molar-refractivity contribution >= 4 is 0 Å². The number of hydrogen-bond donors (Lipinski definition) is 1. The van der Waals surface area contributed by atoms with Crippen molar-refractivity contribution < 1.29 is 4.39 Å². The van der Waals surface area contributed by atoms with Crippen molar-refractivity contribution in [2.75, 3.05) is 0 Å². The van der Waals surface area contributed by atoms with Gasteiger partial charge >= 0.3 is 0 Å². The number of nitriles is 2. The normalized spacial score (nSPS) is 13.2. The van der Waals surface area contributed by atoms with E-state index in [1.165, 1.54) is 17.0 Å². The van der Waals surface area contributed by atoms with Crippen LogP contribution in [0.3, 0.4) is 0 Å². The molecule has 0 aliphatic heterocycles. The van der Waals surface area contributed by atoms with Crippen LogP contribution in [0.4, 0.5) is 4.39 Å². The SMILES string of the molecule is CC(N)C(c1ccccc1F)n1cnc(C#N)c1C#N. The van der Waals surface area contributed by atoms with Crippen LogP contribution in [0.2, 0.25) is 0 Å². The summed E-state index contributed by atoms with van der Waals surface area (Å²) in [5.74, 6) is -0.411. The zero-order valence-corrected chi connectivity index (χ0v) is 10.8. The van der Waals surface area contributed by atoms with Gasteiger partial charge < -0.3 is 10.3 Å². The summed E-state index contributed by atoms with van der Waals surface area (Å²) in [5, 5.41) is 18.1. The highest BCUT2D eigenvalue weighted by Crippen LogP contribution is 2.26. The van der Waals surface area contributed by atoms with E-state index in [0.29, 0.717) is 5.56 Å². The summed E-state index contributed by atoms with van der Waals surface area (Å²) in [6.45, 7) is 1.71. The average molecular weight is 269 g/mol. The van der Waals surface area contributed by atoms with Crippen LogP contribution in [0.5, 0.6) is 0 Å². The molecule has 0 saturated carbocycles. The Bertz CT molecular complexity index is 705. The Morgan fingerprint density at radius 3 is 2.55 bits per heavy atom. The molecule has 2 rings (SSSR count). The Morgan fingerprint density at radius 2 is 2.00 bits per heavy atom. The van der Waals surface area contributed by atoms with Crippen LogP contribution in [0.15, 0.2) is 30.6 Å². The second-order valence-corrected chi connectivity index (χ2v) is 4.40. The first-order valence-corrected chi connectivity index (χ1v) is 5.97. The van der Waals surface area contributed by atoms with Crippen molar-refractivity contribution in [3.63, 3.8) is 0 Å². The summed E-state index contributed by atoms with van der Waals surface area (Å²) in [6.07, 6.45) is 1.34. The molecule has 0 fully saturated rings. The highest BCUT2D eigenvalue weighted by Gasteiger charge is 2.25. The van der Waals surface area contributed by atoms with Crippen molar-refractivity contribution in [3.05, 3.63) is 53.4 Å². The number of imidazole rings is 1. The summed E-state index contributed by atoms with van der Waals surface area (Å²) >= 11 is 0. The van der Waals surface area contributed by atoms with Crippen LogP contribution in [-0.4, -0.2) is 15.6 Å². The van der Waals surface area contributed by atoms with Crippen LogP contribution in [0.25, 0.3) is 0 Å². The van der Waals surface area contributed by atoms with Gasteiger partial charge in [0.2, 0.25) is 0 Å². The number of nitrogens with two attached hydrogens (primary N) is 1. The molecule has 0 amide bonds. The highest BCUT2D eigenvalue weighted by molar-refractivity contribution is 5.38. The Morgan fingerprint density at radius 1 is 1.30 bits per heavy atom. The Kier molecular flexibility index (Phi) is 3.79. The quantitative estimate of drug-likeness (QED) is 0.918. The van der Waals surface area contributed by atoms with E-state index in [9.17, 15) is 4.39 Å². The Balaban J connectivity index is 2.63. The number of hydrogen-bond acceptors (Lipinski definition) is 4. The first-order chi connectivity index (χ1) is 9.60. The van der Waals surface area contributed by atoms with Crippen LogP contribution >= 0.6 is 0 Å². The smallest absolute Gasteiger partial charge is 0.176 e. The van der Waals surface area contributed by atoms with Gasteiger partial charge in [-0.25, -0.2) is 9.37 Å². The second-order valence-electron chi connectivity index (χ2n) is 4.40. The second kappa shape index (κ2) is 5.52. The molecule has 2 unspecified atom stereocenters. The van der Waals surface area contributed by atoms with Crippen LogP contribution in [-0.2, 0) is 0 Å². The molecule has 1 aromatic carbocycles.